The number of carbonyl (C=O) groups excluding carboxylic acids is 1. The Hall–Kier alpha value is -2.12. The smallest absolute Gasteiger partial charge is 0.194 e. The third-order valence-corrected chi connectivity index (χ3v) is 4.25. The molecule has 0 spiro atoms. The maximum atomic E-state index is 12.7. The van der Waals surface area contributed by atoms with Gasteiger partial charge in [-0.25, -0.2) is 0 Å². The Morgan fingerprint density at radius 3 is 2.35 bits per heavy atom. The molecule has 2 heteroatoms. The zero-order valence-corrected chi connectivity index (χ0v) is 11.4. The minimum absolute atomic E-state index is 0.102. The Labute approximate surface area is 121 Å². The van der Waals surface area contributed by atoms with Crippen molar-refractivity contribution in [2.45, 2.75) is 5.88 Å². The van der Waals surface area contributed by atoms with Crippen molar-refractivity contribution in [3.05, 3.63) is 71.3 Å². The van der Waals surface area contributed by atoms with Crippen molar-refractivity contribution in [2.75, 3.05) is 0 Å². The van der Waals surface area contributed by atoms with Gasteiger partial charge in [0.15, 0.2) is 5.78 Å². The summed E-state index contributed by atoms with van der Waals surface area (Å²) >= 11 is 6.11. The summed E-state index contributed by atoms with van der Waals surface area (Å²) in [6.07, 6.45) is 0. The summed E-state index contributed by atoms with van der Waals surface area (Å²) < 4.78 is 0. The quantitative estimate of drug-likeness (QED) is 0.458. The average Bonchev–Trinajstić information content (AvgIpc) is 2.52. The molecule has 0 radical (unpaired) electrons. The monoisotopic (exact) mass is 278 g/mol. The van der Waals surface area contributed by atoms with Crippen LogP contribution in [0.2, 0.25) is 0 Å². The Morgan fingerprint density at radius 2 is 1.55 bits per heavy atom. The Bertz CT molecular complexity index is 864. The SMILES string of the molecule is O=C1c2ccccc2-c2c(CCl)ccc3cccc1c23. The zero-order chi connectivity index (χ0) is 13.7. The van der Waals surface area contributed by atoms with E-state index in [4.69, 9.17) is 11.6 Å². The van der Waals surface area contributed by atoms with Crippen LogP contribution in [0.4, 0.5) is 0 Å². The average molecular weight is 279 g/mol. The van der Waals surface area contributed by atoms with Crippen molar-refractivity contribution in [3.63, 3.8) is 0 Å². The molecule has 0 fully saturated rings. The molecular formula is C18H11ClO. The lowest BCUT2D eigenvalue weighted by molar-refractivity contribution is 0.104. The van der Waals surface area contributed by atoms with Gasteiger partial charge < -0.3 is 0 Å². The minimum Gasteiger partial charge on any atom is -0.289 e. The summed E-state index contributed by atoms with van der Waals surface area (Å²) in [6.45, 7) is 0. The van der Waals surface area contributed by atoms with Crippen LogP contribution in [0, 0.1) is 0 Å². The number of hydrogen-bond acceptors (Lipinski definition) is 1. The van der Waals surface area contributed by atoms with Crippen molar-refractivity contribution in [1.82, 2.24) is 0 Å². The van der Waals surface area contributed by atoms with E-state index >= 15 is 0 Å². The molecule has 3 aromatic carbocycles. The summed E-state index contributed by atoms with van der Waals surface area (Å²) in [7, 11) is 0. The largest absolute Gasteiger partial charge is 0.289 e. The van der Waals surface area contributed by atoms with Crippen LogP contribution in [-0.4, -0.2) is 5.78 Å². The summed E-state index contributed by atoms with van der Waals surface area (Å²) in [4.78, 5) is 12.7. The normalized spacial score (nSPS) is 12.6. The first-order valence-electron chi connectivity index (χ1n) is 6.56. The number of benzene rings is 3. The van der Waals surface area contributed by atoms with Crippen molar-refractivity contribution in [2.24, 2.45) is 0 Å². The van der Waals surface area contributed by atoms with Gasteiger partial charge in [-0.15, -0.1) is 11.6 Å². The third-order valence-electron chi connectivity index (χ3n) is 3.96. The summed E-state index contributed by atoms with van der Waals surface area (Å²) in [5.74, 6) is 0.549. The fourth-order valence-electron chi connectivity index (χ4n) is 3.07. The van der Waals surface area contributed by atoms with Gasteiger partial charge in [0.2, 0.25) is 0 Å². The number of ketones is 1. The second-order valence-corrected chi connectivity index (χ2v) is 5.28. The molecule has 1 nitrogen and oxygen atoms in total. The second-order valence-electron chi connectivity index (χ2n) is 5.01. The lowest BCUT2D eigenvalue weighted by Crippen LogP contribution is -2.10. The number of rotatable bonds is 1. The molecule has 3 aromatic rings. The maximum absolute atomic E-state index is 12.7. The van der Waals surface area contributed by atoms with Gasteiger partial charge in [0.25, 0.3) is 0 Å². The first-order chi connectivity index (χ1) is 9.81. The lowest BCUT2D eigenvalue weighted by Gasteiger charge is -2.21. The predicted octanol–water partition coefficient (Wildman–Crippen LogP) is 4.79. The standard InChI is InChI=1S/C18H11ClO/c19-10-12-9-8-11-4-3-7-15-16(11)17(12)13-5-1-2-6-14(13)18(15)20/h1-9H,10H2. The molecule has 0 amide bonds. The van der Waals surface area contributed by atoms with Gasteiger partial charge in [-0.05, 0) is 22.1 Å². The Kier molecular flexibility index (Phi) is 2.45. The van der Waals surface area contributed by atoms with E-state index in [-0.39, 0.29) is 5.78 Å². The molecule has 0 saturated heterocycles. The third kappa shape index (κ3) is 1.41. The fourth-order valence-corrected chi connectivity index (χ4v) is 3.30. The topological polar surface area (TPSA) is 17.1 Å². The molecule has 0 atom stereocenters. The van der Waals surface area contributed by atoms with E-state index in [0.717, 1.165) is 38.6 Å². The van der Waals surface area contributed by atoms with Gasteiger partial charge >= 0.3 is 0 Å². The molecule has 1 aliphatic carbocycles. The van der Waals surface area contributed by atoms with Crippen molar-refractivity contribution in [3.8, 4) is 11.1 Å². The van der Waals surface area contributed by atoms with Crippen molar-refractivity contribution >= 4 is 28.2 Å². The molecule has 0 unspecified atom stereocenters. The molecule has 20 heavy (non-hydrogen) atoms. The van der Waals surface area contributed by atoms with Crippen LogP contribution in [0.1, 0.15) is 21.5 Å². The highest BCUT2D eigenvalue weighted by Gasteiger charge is 2.26. The van der Waals surface area contributed by atoms with Gasteiger partial charge in [-0.1, -0.05) is 54.6 Å². The van der Waals surface area contributed by atoms with Crippen LogP contribution in [-0.2, 0) is 5.88 Å². The molecule has 0 saturated carbocycles. The van der Waals surface area contributed by atoms with E-state index in [9.17, 15) is 4.79 Å². The zero-order valence-electron chi connectivity index (χ0n) is 10.7. The predicted molar refractivity (Wildman–Crippen MR) is 82.4 cm³/mol. The second kappa shape index (κ2) is 4.19. The van der Waals surface area contributed by atoms with E-state index < -0.39 is 0 Å². The first kappa shape index (κ1) is 11.7. The van der Waals surface area contributed by atoms with Crippen LogP contribution >= 0.6 is 11.6 Å². The molecular weight excluding hydrogens is 268 g/mol. The molecule has 0 aliphatic heterocycles. The van der Waals surface area contributed by atoms with Crippen LogP contribution < -0.4 is 0 Å². The van der Waals surface area contributed by atoms with Gasteiger partial charge in [0.1, 0.15) is 0 Å². The lowest BCUT2D eigenvalue weighted by atomic mass is 9.81. The molecule has 1 aliphatic rings. The molecule has 96 valence electrons. The summed E-state index contributed by atoms with van der Waals surface area (Å²) in [5, 5.41) is 2.13. The highest BCUT2D eigenvalue weighted by Crippen LogP contribution is 2.41. The van der Waals surface area contributed by atoms with Crippen LogP contribution in [0.3, 0.4) is 0 Å². The van der Waals surface area contributed by atoms with E-state index in [2.05, 4.69) is 6.07 Å². The number of carbonyl (C=O) groups is 1. The minimum atomic E-state index is 0.102. The first-order valence-corrected chi connectivity index (χ1v) is 7.09. The Balaban J connectivity index is 2.28. The van der Waals surface area contributed by atoms with E-state index in [1.807, 2.05) is 48.5 Å². The number of fused-ring (bicyclic) bond motifs is 2. The van der Waals surface area contributed by atoms with Crippen LogP contribution in [0.15, 0.2) is 54.6 Å². The van der Waals surface area contributed by atoms with E-state index in [1.54, 1.807) is 0 Å². The van der Waals surface area contributed by atoms with E-state index in [0.29, 0.717) is 5.88 Å². The number of hydrogen-bond donors (Lipinski definition) is 0. The van der Waals surface area contributed by atoms with E-state index in [1.165, 1.54) is 0 Å². The van der Waals surface area contributed by atoms with Gasteiger partial charge in [-0.2, -0.15) is 0 Å². The van der Waals surface area contributed by atoms with Crippen LogP contribution in [0.25, 0.3) is 21.9 Å². The molecule has 0 heterocycles. The van der Waals surface area contributed by atoms with Crippen molar-refractivity contribution < 1.29 is 4.79 Å². The summed E-state index contributed by atoms with van der Waals surface area (Å²) in [6, 6.07) is 17.8. The highest BCUT2D eigenvalue weighted by molar-refractivity contribution is 6.27. The molecule has 0 bridgehead atoms. The van der Waals surface area contributed by atoms with Gasteiger partial charge in [0.05, 0.1) is 0 Å². The highest BCUT2D eigenvalue weighted by atomic mass is 35.5. The maximum Gasteiger partial charge on any atom is 0.194 e. The Morgan fingerprint density at radius 1 is 0.800 bits per heavy atom. The molecule has 4 rings (SSSR count). The van der Waals surface area contributed by atoms with Gasteiger partial charge in [0, 0.05) is 22.4 Å². The molecule has 0 aromatic heterocycles. The van der Waals surface area contributed by atoms with Crippen molar-refractivity contribution in [1.29, 1.82) is 0 Å². The summed E-state index contributed by atoms with van der Waals surface area (Å²) in [5.41, 5.74) is 4.74. The number of alkyl halides is 1. The van der Waals surface area contributed by atoms with Gasteiger partial charge in [-0.3, -0.25) is 4.79 Å². The van der Waals surface area contributed by atoms with Crippen LogP contribution in [0.5, 0.6) is 0 Å². The number of halogens is 1. The molecule has 0 N–H and O–H groups in total. The fraction of sp³-hybridized carbons (Fsp3) is 0.0556.